The van der Waals surface area contributed by atoms with Crippen LogP contribution in [0.2, 0.25) is 0 Å². The molecule has 1 aliphatic heterocycles. The summed E-state index contributed by atoms with van der Waals surface area (Å²) < 4.78 is 0. The molecule has 1 saturated carbocycles. The van der Waals surface area contributed by atoms with E-state index in [-0.39, 0.29) is 18.5 Å². The zero-order valence-corrected chi connectivity index (χ0v) is 12.8. The molecule has 0 bridgehead atoms. The zero-order chi connectivity index (χ0) is 15.2. The Morgan fingerprint density at radius 2 is 1.90 bits per heavy atom. The van der Waals surface area contributed by atoms with Crippen LogP contribution in [0.25, 0.3) is 0 Å². The largest absolute Gasteiger partial charge is 0.481 e. The van der Waals surface area contributed by atoms with Gasteiger partial charge in [-0.05, 0) is 64.1 Å². The van der Waals surface area contributed by atoms with Crippen molar-refractivity contribution in [3.8, 4) is 0 Å². The second-order valence-corrected chi connectivity index (χ2v) is 6.48. The normalized spacial score (nSPS) is 21.8. The van der Waals surface area contributed by atoms with Crippen molar-refractivity contribution >= 4 is 12.0 Å². The molecule has 1 unspecified atom stereocenters. The predicted molar refractivity (Wildman–Crippen MR) is 80.1 cm³/mol. The van der Waals surface area contributed by atoms with Gasteiger partial charge in [-0.15, -0.1) is 0 Å². The number of nitrogens with one attached hydrogen (secondary N) is 2. The molecule has 1 saturated heterocycles. The summed E-state index contributed by atoms with van der Waals surface area (Å²) in [5.74, 6) is 0.194. The minimum absolute atomic E-state index is 0.0209. The smallest absolute Gasteiger partial charge is 0.315 e. The van der Waals surface area contributed by atoms with Gasteiger partial charge in [0, 0.05) is 12.6 Å². The molecule has 0 aromatic rings. The third-order valence-electron chi connectivity index (χ3n) is 4.58. The van der Waals surface area contributed by atoms with E-state index in [0.717, 1.165) is 32.4 Å². The highest BCUT2D eigenvalue weighted by Gasteiger charge is 2.33. The van der Waals surface area contributed by atoms with Gasteiger partial charge in [0.2, 0.25) is 0 Å². The van der Waals surface area contributed by atoms with Gasteiger partial charge < -0.3 is 20.6 Å². The predicted octanol–water partition coefficient (Wildman–Crippen LogP) is 1.27. The summed E-state index contributed by atoms with van der Waals surface area (Å²) in [6.07, 6.45) is 5.47. The van der Waals surface area contributed by atoms with Gasteiger partial charge in [-0.2, -0.15) is 0 Å². The zero-order valence-electron chi connectivity index (χ0n) is 12.8. The van der Waals surface area contributed by atoms with Crippen molar-refractivity contribution in [3.63, 3.8) is 0 Å². The molecule has 1 heterocycles. The second-order valence-electron chi connectivity index (χ2n) is 6.48. The fourth-order valence-electron chi connectivity index (χ4n) is 2.98. The molecule has 6 heteroatoms. The molecule has 6 nitrogen and oxygen atoms in total. The maximum absolute atomic E-state index is 11.8. The molecule has 0 aromatic carbocycles. The third kappa shape index (κ3) is 5.91. The van der Waals surface area contributed by atoms with E-state index in [0.29, 0.717) is 18.4 Å². The molecule has 0 spiro atoms. The van der Waals surface area contributed by atoms with Crippen LogP contribution in [0, 0.1) is 11.8 Å². The first-order valence-corrected chi connectivity index (χ1v) is 7.99. The van der Waals surface area contributed by atoms with Crippen molar-refractivity contribution in [3.05, 3.63) is 0 Å². The number of hydrogen-bond acceptors (Lipinski definition) is 3. The molecule has 21 heavy (non-hydrogen) atoms. The summed E-state index contributed by atoms with van der Waals surface area (Å²) >= 11 is 0. The molecule has 1 aliphatic carbocycles. The van der Waals surface area contributed by atoms with Gasteiger partial charge in [-0.1, -0.05) is 0 Å². The number of carboxylic acids is 1. The second kappa shape index (κ2) is 7.64. The number of carbonyl (C=O) groups is 2. The number of hydrogen-bond donors (Lipinski definition) is 3. The van der Waals surface area contributed by atoms with Crippen molar-refractivity contribution in [1.29, 1.82) is 0 Å². The molecule has 2 aliphatic rings. The molecule has 120 valence electrons. The highest BCUT2D eigenvalue weighted by atomic mass is 16.4. The number of likely N-dealkylation sites (tertiary alicyclic amines) is 1. The number of amides is 2. The van der Waals surface area contributed by atoms with E-state index < -0.39 is 5.97 Å². The monoisotopic (exact) mass is 297 g/mol. The SMILES string of the molecule is CN1CCC(CCNC(=O)NC(CC(=O)O)C2CC2)CC1. The van der Waals surface area contributed by atoms with Crippen molar-refractivity contribution in [2.75, 3.05) is 26.7 Å². The Bertz CT molecular complexity index is 363. The van der Waals surface area contributed by atoms with Gasteiger partial charge in [-0.25, -0.2) is 4.79 Å². The minimum atomic E-state index is -0.849. The highest BCUT2D eigenvalue weighted by molar-refractivity contribution is 5.75. The molecule has 0 aromatic heterocycles. The number of nitrogens with zero attached hydrogens (tertiary/aromatic N) is 1. The Balaban J connectivity index is 1.61. The number of carbonyl (C=O) groups excluding carboxylic acids is 1. The summed E-state index contributed by atoms with van der Waals surface area (Å²) in [4.78, 5) is 25.0. The lowest BCUT2D eigenvalue weighted by atomic mass is 9.94. The topological polar surface area (TPSA) is 81.7 Å². The van der Waals surface area contributed by atoms with Gasteiger partial charge in [0.1, 0.15) is 0 Å². The fraction of sp³-hybridized carbons (Fsp3) is 0.867. The number of carboxylic acid groups (broad SMARTS) is 1. The molecule has 2 rings (SSSR count). The average molecular weight is 297 g/mol. The lowest BCUT2D eigenvalue weighted by Gasteiger charge is -2.29. The number of piperidine rings is 1. The fourth-order valence-corrected chi connectivity index (χ4v) is 2.98. The third-order valence-corrected chi connectivity index (χ3v) is 4.58. The molecule has 2 amide bonds. The van der Waals surface area contributed by atoms with Crippen LogP contribution in [-0.2, 0) is 4.79 Å². The molecule has 1 atom stereocenters. The van der Waals surface area contributed by atoms with E-state index in [2.05, 4.69) is 22.6 Å². The maximum Gasteiger partial charge on any atom is 0.315 e. The maximum atomic E-state index is 11.8. The Morgan fingerprint density at radius 1 is 1.24 bits per heavy atom. The number of aliphatic carboxylic acids is 1. The van der Waals surface area contributed by atoms with Gasteiger partial charge in [0.15, 0.2) is 0 Å². The lowest BCUT2D eigenvalue weighted by Crippen LogP contribution is -2.44. The molecule has 2 fully saturated rings. The molecular weight excluding hydrogens is 270 g/mol. The van der Waals surface area contributed by atoms with Crippen LogP contribution < -0.4 is 10.6 Å². The first-order valence-electron chi connectivity index (χ1n) is 7.99. The van der Waals surface area contributed by atoms with E-state index in [1.807, 2.05) is 0 Å². The van der Waals surface area contributed by atoms with Crippen molar-refractivity contribution in [2.45, 2.75) is 44.6 Å². The van der Waals surface area contributed by atoms with Crippen molar-refractivity contribution in [1.82, 2.24) is 15.5 Å². The summed E-state index contributed by atoms with van der Waals surface area (Å²) in [6, 6.07) is -0.438. The van der Waals surface area contributed by atoms with Crippen LogP contribution in [0.1, 0.15) is 38.5 Å². The summed E-state index contributed by atoms with van der Waals surface area (Å²) in [5.41, 5.74) is 0. The quantitative estimate of drug-likeness (QED) is 0.661. The number of urea groups is 1. The first kappa shape index (κ1) is 16.1. The standard InChI is InChI=1S/C15H27N3O3/c1-18-8-5-11(6-9-18)4-7-16-15(21)17-13(10-14(19)20)12-2-3-12/h11-13H,2-10H2,1H3,(H,19,20)(H2,16,17,21). The van der Waals surface area contributed by atoms with Crippen LogP contribution >= 0.6 is 0 Å². The highest BCUT2D eigenvalue weighted by Crippen LogP contribution is 2.33. The van der Waals surface area contributed by atoms with Crippen LogP contribution in [0.4, 0.5) is 4.79 Å². The van der Waals surface area contributed by atoms with Crippen LogP contribution in [0.3, 0.4) is 0 Å². The molecule has 3 N–H and O–H groups in total. The number of rotatable bonds is 7. The van der Waals surface area contributed by atoms with E-state index >= 15 is 0 Å². The first-order chi connectivity index (χ1) is 10.0. The summed E-state index contributed by atoms with van der Waals surface area (Å²) in [5, 5.41) is 14.6. The van der Waals surface area contributed by atoms with E-state index in [1.54, 1.807) is 0 Å². The van der Waals surface area contributed by atoms with Gasteiger partial charge in [0.25, 0.3) is 0 Å². The average Bonchev–Trinajstić information content (AvgIpc) is 3.24. The molecular formula is C15H27N3O3. The van der Waals surface area contributed by atoms with Gasteiger partial charge >= 0.3 is 12.0 Å². The van der Waals surface area contributed by atoms with Crippen LogP contribution in [0.15, 0.2) is 0 Å². The minimum Gasteiger partial charge on any atom is -0.481 e. The van der Waals surface area contributed by atoms with Crippen LogP contribution in [0.5, 0.6) is 0 Å². The Morgan fingerprint density at radius 3 is 2.48 bits per heavy atom. The Kier molecular flexibility index (Phi) is 5.85. The van der Waals surface area contributed by atoms with Crippen molar-refractivity contribution in [2.24, 2.45) is 11.8 Å². The van der Waals surface area contributed by atoms with E-state index in [9.17, 15) is 9.59 Å². The van der Waals surface area contributed by atoms with Crippen molar-refractivity contribution < 1.29 is 14.7 Å². The van der Waals surface area contributed by atoms with Gasteiger partial charge in [0.05, 0.1) is 6.42 Å². The molecule has 0 radical (unpaired) electrons. The van der Waals surface area contributed by atoms with E-state index in [4.69, 9.17) is 5.11 Å². The van der Waals surface area contributed by atoms with E-state index in [1.165, 1.54) is 12.8 Å². The lowest BCUT2D eigenvalue weighted by molar-refractivity contribution is -0.137. The Hall–Kier alpha value is -1.30. The van der Waals surface area contributed by atoms with Gasteiger partial charge in [-0.3, -0.25) is 4.79 Å². The Labute approximate surface area is 126 Å². The van der Waals surface area contributed by atoms with Crippen LogP contribution in [-0.4, -0.2) is 54.7 Å². The summed E-state index contributed by atoms with van der Waals surface area (Å²) in [7, 11) is 2.14. The summed E-state index contributed by atoms with van der Waals surface area (Å²) in [6.45, 7) is 2.95.